The van der Waals surface area contributed by atoms with Crippen LogP contribution in [-0.2, 0) is 14.3 Å². The first kappa shape index (κ1) is 28.7. The molecule has 0 rings (SSSR count). The number of ether oxygens (including phenoxy) is 1. The molecule has 0 fully saturated rings. The van der Waals surface area contributed by atoms with E-state index in [4.69, 9.17) is 4.74 Å². The lowest BCUT2D eigenvalue weighted by Crippen LogP contribution is -2.32. The average Bonchev–Trinajstić information content (AvgIpc) is 2.69. The molecule has 0 aliphatic heterocycles. The van der Waals surface area contributed by atoms with Gasteiger partial charge in [-0.2, -0.15) is 0 Å². The Morgan fingerprint density at radius 2 is 1.30 bits per heavy atom. The van der Waals surface area contributed by atoms with Gasteiger partial charge in [-0.25, -0.2) is 0 Å². The summed E-state index contributed by atoms with van der Waals surface area (Å²) in [5.41, 5.74) is -0.494. The van der Waals surface area contributed by atoms with Gasteiger partial charge >= 0.3 is 5.97 Å². The van der Waals surface area contributed by atoms with Crippen molar-refractivity contribution in [2.75, 3.05) is 20.2 Å². The number of esters is 1. The van der Waals surface area contributed by atoms with Gasteiger partial charge in [-0.3, -0.25) is 9.59 Å². The van der Waals surface area contributed by atoms with Crippen LogP contribution >= 0.6 is 0 Å². The van der Waals surface area contributed by atoms with E-state index in [1.807, 2.05) is 20.8 Å². The predicted molar refractivity (Wildman–Crippen MR) is 128 cm³/mol. The first-order chi connectivity index (χ1) is 14.3. The molecular weight excluding hydrogens is 374 g/mol. The van der Waals surface area contributed by atoms with Gasteiger partial charge in [0.15, 0.2) is 0 Å². The van der Waals surface area contributed by atoms with Crippen molar-refractivity contribution in [2.24, 2.45) is 5.41 Å². The minimum Gasteiger partial charge on any atom is -0.463 e. The Kier molecular flexibility index (Phi) is 17.6. The lowest BCUT2D eigenvalue weighted by Gasteiger charge is -2.20. The molecule has 0 aliphatic carbocycles. The predicted octanol–water partition coefficient (Wildman–Crippen LogP) is 7.07. The second kappa shape index (κ2) is 18.4. The van der Waals surface area contributed by atoms with E-state index in [0.29, 0.717) is 13.0 Å². The number of unbranched alkanes of at least 4 members (excludes halogenated alkanes) is 11. The van der Waals surface area contributed by atoms with Crippen LogP contribution in [0, 0.1) is 5.41 Å². The first-order valence-electron chi connectivity index (χ1n) is 12.3. The normalized spacial score (nSPS) is 11.8. The zero-order valence-electron chi connectivity index (χ0n) is 20.6. The van der Waals surface area contributed by atoms with Crippen LogP contribution in [0.1, 0.15) is 118 Å². The van der Waals surface area contributed by atoms with Crippen molar-refractivity contribution in [1.29, 1.82) is 0 Å². The molecule has 0 atom stereocenters. The topological polar surface area (TPSA) is 46.6 Å². The molecule has 0 N–H and O–H groups in total. The van der Waals surface area contributed by atoms with Gasteiger partial charge in [0.05, 0.1) is 12.0 Å². The number of rotatable bonds is 18. The second-order valence-corrected chi connectivity index (χ2v) is 9.54. The molecule has 0 bridgehead atoms. The molecule has 0 saturated carbocycles. The van der Waals surface area contributed by atoms with Gasteiger partial charge in [-0.15, -0.1) is 0 Å². The van der Waals surface area contributed by atoms with Crippen LogP contribution in [0.5, 0.6) is 0 Å². The third-order valence-electron chi connectivity index (χ3n) is 5.35. The molecule has 30 heavy (non-hydrogen) atoms. The maximum absolute atomic E-state index is 12.1. The lowest BCUT2D eigenvalue weighted by atomic mass is 9.97. The Morgan fingerprint density at radius 3 is 1.83 bits per heavy atom. The molecule has 176 valence electrons. The molecule has 1 amide bonds. The minimum atomic E-state index is -0.494. The highest BCUT2D eigenvalue weighted by Crippen LogP contribution is 2.15. The molecule has 0 unspecified atom stereocenters. The second-order valence-electron chi connectivity index (χ2n) is 9.54. The zero-order chi connectivity index (χ0) is 22.7. The average molecular weight is 424 g/mol. The van der Waals surface area contributed by atoms with E-state index < -0.39 is 5.41 Å². The van der Waals surface area contributed by atoms with E-state index in [1.165, 1.54) is 70.6 Å². The van der Waals surface area contributed by atoms with E-state index in [1.54, 1.807) is 11.9 Å². The number of hydrogen-bond donors (Lipinski definition) is 0. The van der Waals surface area contributed by atoms with Crippen LogP contribution in [0.4, 0.5) is 0 Å². The summed E-state index contributed by atoms with van der Waals surface area (Å²) in [6.07, 6.45) is 21.7. The smallest absolute Gasteiger partial charge is 0.311 e. The van der Waals surface area contributed by atoms with Crippen molar-refractivity contribution in [1.82, 2.24) is 4.90 Å². The minimum absolute atomic E-state index is 0.138. The molecule has 0 radical (unpaired) electrons. The van der Waals surface area contributed by atoms with E-state index in [0.717, 1.165) is 12.8 Å². The summed E-state index contributed by atoms with van der Waals surface area (Å²) in [4.78, 5) is 25.5. The van der Waals surface area contributed by atoms with E-state index in [2.05, 4.69) is 19.1 Å². The van der Waals surface area contributed by atoms with E-state index in [-0.39, 0.29) is 18.5 Å². The molecule has 0 aromatic carbocycles. The number of likely N-dealkylation sites (N-methyl/N-ethyl adjacent to an activating group) is 1. The number of nitrogens with zero attached hydrogens (tertiary/aromatic N) is 1. The summed E-state index contributed by atoms with van der Waals surface area (Å²) in [5, 5.41) is 0. The van der Waals surface area contributed by atoms with Crippen molar-refractivity contribution >= 4 is 11.9 Å². The van der Waals surface area contributed by atoms with Crippen molar-refractivity contribution in [3.63, 3.8) is 0 Å². The van der Waals surface area contributed by atoms with Gasteiger partial charge in [-0.1, -0.05) is 70.4 Å². The summed E-state index contributed by atoms with van der Waals surface area (Å²) >= 11 is 0. The first-order valence-corrected chi connectivity index (χ1v) is 12.3. The number of amides is 1. The Morgan fingerprint density at radius 1 is 0.800 bits per heavy atom. The van der Waals surface area contributed by atoms with Crippen molar-refractivity contribution in [3.8, 4) is 0 Å². The Balaban J connectivity index is 3.49. The van der Waals surface area contributed by atoms with E-state index >= 15 is 0 Å². The monoisotopic (exact) mass is 423 g/mol. The molecular formula is C26H49NO3. The quantitative estimate of drug-likeness (QED) is 0.134. The van der Waals surface area contributed by atoms with Gasteiger partial charge in [0, 0.05) is 13.5 Å². The molecule has 0 spiro atoms. The van der Waals surface area contributed by atoms with Gasteiger partial charge in [0.2, 0.25) is 5.91 Å². The van der Waals surface area contributed by atoms with Crippen molar-refractivity contribution in [3.05, 3.63) is 12.2 Å². The Labute approximate surface area is 186 Å². The fraction of sp³-hybridized carbons (Fsp3) is 0.846. The highest BCUT2D eigenvalue weighted by molar-refractivity contribution is 5.76. The van der Waals surface area contributed by atoms with Gasteiger partial charge in [0.1, 0.15) is 6.61 Å². The SMILES string of the molecule is CCCCCCCC/C=C/CCCCCCCC(=O)N(C)CCOC(=O)C(C)(C)C. The summed E-state index contributed by atoms with van der Waals surface area (Å²) in [6, 6.07) is 0. The van der Waals surface area contributed by atoms with Crippen LogP contribution in [0.25, 0.3) is 0 Å². The van der Waals surface area contributed by atoms with Crippen molar-refractivity contribution in [2.45, 2.75) is 118 Å². The summed E-state index contributed by atoms with van der Waals surface area (Å²) in [5.74, 6) is -0.0833. The maximum Gasteiger partial charge on any atom is 0.311 e. The number of hydrogen-bond acceptors (Lipinski definition) is 3. The van der Waals surface area contributed by atoms with Crippen LogP contribution in [0.15, 0.2) is 12.2 Å². The van der Waals surface area contributed by atoms with Crippen LogP contribution in [0.2, 0.25) is 0 Å². The summed E-state index contributed by atoms with van der Waals surface area (Å²) in [7, 11) is 1.78. The molecule has 0 aromatic heterocycles. The molecule has 0 heterocycles. The third kappa shape index (κ3) is 17.5. The maximum atomic E-state index is 12.1. The standard InChI is InChI=1S/C26H49NO3/c1-6-7-8-9-10-11-12-13-14-15-16-17-18-19-20-21-24(28)27(5)22-23-30-25(29)26(2,3)4/h13-14H,6-12,15-23H2,1-5H3/b14-13+. The van der Waals surface area contributed by atoms with Gasteiger partial charge in [0.25, 0.3) is 0 Å². The fourth-order valence-electron chi connectivity index (χ4n) is 3.15. The van der Waals surface area contributed by atoms with E-state index in [9.17, 15) is 9.59 Å². The highest BCUT2D eigenvalue weighted by Gasteiger charge is 2.23. The fourth-order valence-corrected chi connectivity index (χ4v) is 3.15. The molecule has 0 aromatic rings. The summed E-state index contributed by atoms with van der Waals surface area (Å²) in [6.45, 7) is 8.49. The highest BCUT2D eigenvalue weighted by atomic mass is 16.5. The molecule has 0 aliphatic rings. The Bertz CT molecular complexity index is 465. The molecule has 0 saturated heterocycles. The van der Waals surface area contributed by atoms with Gasteiger partial charge < -0.3 is 9.64 Å². The van der Waals surface area contributed by atoms with Crippen LogP contribution in [-0.4, -0.2) is 37.0 Å². The lowest BCUT2D eigenvalue weighted by molar-refractivity contribution is -0.154. The van der Waals surface area contributed by atoms with Crippen molar-refractivity contribution < 1.29 is 14.3 Å². The number of carbonyl (C=O) groups excluding carboxylic acids is 2. The Hall–Kier alpha value is -1.32. The molecule has 4 nitrogen and oxygen atoms in total. The number of allylic oxidation sites excluding steroid dienone is 2. The largest absolute Gasteiger partial charge is 0.463 e. The zero-order valence-corrected chi connectivity index (χ0v) is 20.6. The third-order valence-corrected chi connectivity index (χ3v) is 5.35. The summed E-state index contributed by atoms with van der Waals surface area (Å²) < 4.78 is 5.22. The molecule has 4 heteroatoms. The number of carbonyl (C=O) groups is 2. The van der Waals surface area contributed by atoms with Crippen LogP contribution < -0.4 is 0 Å². The van der Waals surface area contributed by atoms with Crippen LogP contribution in [0.3, 0.4) is 0 Å². The van der Waals surface area contributed by atoms with Gasteiger partial charge in [-0.05, 0) is 52.9 Å².